The topological polar surface area (TPSA) is 66.8 Å². The largest absolute Gasteiger partial charge is 0.480 e. The van der Waals surface area contributed by atoms with Crippen molar-refractivity contribution in [2.24, 2.45) is 0 Å². The van der Waals surface area contributed by atoms with Gasteiger partial charge in [-0.3, -0.25) is 9.36 Å². The molecule has 6 heteroatoms. The summed E-state index contributed by atoms with van der Waals surface area (Å²) < 4.78 is 20.2. The van der Waals surface area contributed by atoms with Crippen LogP contribution in [0.1, 0.15) is 12.0 Å². The lowest BCUT2D eigenvalue weighted by molar-refractivity contribution is -0.137. The molecule has 0 spiro atoms. The van der Waals surface area contributed by atoms with Gasteiger partial charge in [-0.25, -0.2) is 4.67 Å². The molecule has 5 nitrogen and oxygen atoms in total. The van der Waals surface area contributed by atoms with Crippen LogP contribution in [0.5, 0.6) is 0 Å². The Bertz CT molecular complexity index is 991. The van der Waals surface area contributed by atoms with Gasteiger partial charge in [-0.1, -0.05) is 78.4 Å². The van der Waals surface area contributed by atoms with Gasteiger partial charge < -0.3 is 9.63 Å². The zero-order valence-corrected chi connectivity index (χ0v) is 17.9. The molecule has 1 heterocycles. The Kier molecular flexibility index (Phi) is 7.58. The maximum Gasteiger partial charge on any atom is 0.318 e. The van der Waals surface area contributed by atoms with Crippen LogP contribution in [0.3, 0.4) is 0 Å². The molecule has 1 unspecified atom stereocenters. The Balaban J connectivity index is 0.000000310. The molecule has 1 aliphatic heterocycles. The van der Waals surface area contributed by atoms with Crippen molar-refractivity contribution in [2.75, 3.05) is 19.7 Å². The summed E-state index contributed by atoms with van der Waals surface area (Å²) in [5, 5.41) is 9.56. The summed E-state index contributed by atoms with van der Waals surface area (Å²) in [6, 6.07) is 27.5. The molecule has 3 aromatic carbocycles. The average Bonchev–Trinajstić information content (AvgIpc) is 2.77. The molecular formula is C24H26NO4P. The standard InChI is InChI=1S/C17H18NO4P.C7H8/c19-17(20)13-18-11-4-12-22-23(18,21)16-9-7-15(8-10-16)14-5-2-1-3-6-14;1-7-5-3-2-4-6-7/h1-3,5-10H,4,11-13H2,(H,19,20);2-6H,1H3. The number of carbonyl (C=O) groups is 1. The highest BCUT2D eigenvalue weighted by molar-refractivity contribution is 7.64. The molecule has 1 atom stereocenters. The summed E-state index contributed by atoms with van der Waals surface area (Å²) in [5.41, 5.74) is 3.41. The monoisotopic (exact) mass is 423 g/mol. The molecule has 3 aromatic rings. The Morgan fingerprint density at radius 1 is 0.933 bits per heavy atom. The van der Waals surface area contributed by atoms with Gasteiger partial charge in [0.15, 0.2) is 0 Å². The lowest BCUT2D eigenvalue weighted by Crippen LogP contribution is -2.36. The number of carboxylic acids is 1. The second-order valence-electron chi connectivity index (χ2n) is 7.06. The van der Waals surface area contributed by atoms with Crippen LogP contribution >= 0.6 is 7.52 Å². The van der Waals surface area contributed by atoms with Crippen LogP contribution < -0.4 is 5.30 Å². The summed E-state index contributed by atoms with van der Waals surface area (Å²) >= 11 is 0. The third-order valence-electron chi connectivity index (χ3n) is 4.76. The first-order chi connectivity index (χ1) is 14.5. The van der Waals surface area contributed by atoms with Gasteiger partial charge in [0.1, 0.15) is 6.54 Å². The predicted octanol–water partition coefficient (Wildman–Crippen LogP) is 4.97. The number of nitrogens with zero attached hydrogens (tertiary/aromatic N) is 1. The maximum atomic E-state index is 13.2. The quantitative estimate of drug-likeness (QED) is 0.600. The minimum atomic E-state index is -3.29. The summed E-state index contributed by atoms with van der Waals surface area (Å²) in [7, 11) is -3.29. The minimum absolute atomic E-state index is 0.280. The van der Waals surface area contributed by atoms with Crippen molar-refractivity contribution in [3.05, 3.63) is 90.5 Å². The fraction of sp³-hybridized carbons (Fsp3) is 0.208. The first kappa shape index (κ1) is 22.0. The smallest absolute Gasteiger partial charge is 0.318 e. The SMILES string of the molecule is Cc1ccccc1.O=C(O)CN1CCCOP1(=O)c1ccc(-c2ccccc2)cc1. The van der Waals surface area contributed by atoms with E-state index in [1.807, 2.05) is 60.7 Å². The first-order valence-corrected chi connectivity index (χ1v) is 11.5. The van der Waals surface area contributed by atoms with Crippen molar-refractivity contribution in [3.8, 4) is 11.1 Å². The predicted molar refractivity (Wildman–Crippen MR) is 120 cm³/mol. The van der Waals surface area contributed by atoms with E-state index in [-0.39, 0.29) is 6.54 Å². The number of hydrogen-bond donors (Lipinski definition) is 1. The highest BCUT2D eigenvalue weighted by Crippen LogP contribution is 2.51. The summed E-state index contributed by atoms with van der Waals surface area (Å²) in [5.74, 6) is -1.00. The zero-order valence-electron chi connectivity index (χ0n) is 17.0. The third-order valence-corrected chi connectivity index (χ3v) is 7.33. The number of benzene rings is 3. The van der Waals surface area contributed by atoms with Crippen molar-refractivity contribution >= 4 is 18.8 Å². The van der Waals surface area contributed by atoms with Crippen LogP contribution in [0.4, 0.5) is 0 Å². The van der Waals surface area contributed by atoms with E-state index in [1.165, 1.54) is 10.2 Å². The summed E-state index contributed by atoms with van der Waals surface area (Å²) in [6.07, 6.45) is 0.680. The number of aryl methyl sites for hydroxylation is 1. The van der Waals surface area contributed by atoms with E-state index >= 15 is 0 Å². The molecule has 0 aromatic heterocycles. The summed E-state index contributed by atoms with van der Waals surface area (Å²) in [6.45, 7) is 2.65. The molecular weight excluding hydrogens is 397 g/mol. The Morgan fingerprint density at radius 2 is 1.50 bits per heavy atom. The average molecular weight is 423 g/mol. The number of hydrogen-bond acceptors (Lipinski definition) is 3. The minimum Gasteiger partial charge on any atom is -0.480 e. The van der Waals surface area contributed by atoms with Crippen molar-refractivity contribution < 1.29 is 19.0 Å². The molecule has 0 radical (unpaired) electrons. The molecule has 1 fully saturated rings. The fourth-order valence-corrected chi connectivity index (χ4v) is 5.48. The molecule has 0 bridgehead atoms. The van der Waals surface area contributed by atoms with Gasteiger partial charge in [0, 0.05) is 6.54 Å². The highest BCUT2D eigenvalue weighted by atomic mass is 31.2. The van der Waals surface area contributed by atoms with Gasteiger partial charge in [0.05, 0.1) is 11.9 Å². The molecule has 0 aliphatic carbocycles. The molecule has 1 aliphatic rings. The van der Waals surface area contributed by atoms with Crippen LogP contribution in [0.2, 0.25) is 0 Å². The van der Waals surface area contributed by atoms with Crippen LogP contribution in [-0.4, -0.2) is 35.4 Å². The Hall–Kier alpha value is -2.72. The normalized spacial score (nSPS) is 18.8. The molecule has 156 valence electrons. The van der Waals surface area contributed by atoms with Crippen molar-refractivity contribution in [2.45, 2.75) is 13.3 Å². The third kappa shape index (κ3) is 5.67. The van der Waals surface area contributed by atoms with E-state index in [0.29, 0.717) is 24.9 Å². The van der Waals surface area contributed by atoms with Crippen LogP contribution in [-0.2, 0) is 13.9 Å². The Labute approximate surface area is 177 Å². The van der Waals surface area contributed by atoms with Gasteiger partial charge in [0.25, 0.3) is 0 Å². The number of aliphatic carboxylic acids is 1. The van der Waals surface area contributed by atoms with Crippen molar-refractivity contribution in [1.29, 1.82) is 0 Å². The molecule has 0 saturated carbocycles. The zero-order chi connectivity index (χ0) is 21.4. The fourth-order valence-electron chi connectivity index (χ4n) is 3.22. The van der Waals surface area contributed by atoms with Gasteiger partial charge in [-0.15, -0.1) is 0 Å². The maximum absolute atomic E-state index is 13.2. The number of carboxylic acid groups (broad SMARTS) is 1. The van der Waals surface area contributed by atoms with E-state index in [1.54, 1.807) is 12.1 Å². The van der Waals surface area contributed by atoms with E-state index < -0.39 is 13.5 Å². The van der Waals surface area contributed by atoms with Gasteiger partial charge in [-0.05, 0) is 36.6 Å². The lowest BCUT2D eigenvalue weighted by atomic mass is 10.1. The van der Waals surface area contributed by atoms with Gasteiger partial charge in [0.2, 0.25) is 0 Å². The number of rotatable bonds is 4. The lowest BCUT2D eigenvalue weighted by Gasteiger charge is -2.34. The van der Waals surface area contributed by atoms with E-state index in [2.05, 4.69) is 19.1 Å². The van der Waals surface area contributed by atoms with Crippen LogP contribution in [0.25, 0.3) is 11.1 Å². The van der Waals surface area contributed by atoms with E-state index in [4.69, 9.17) is 9.63 Å². The molecule has 4 rings (SSSR count). The molecule has 30 heavy (non-hydrogen) atoms. The molecule has 1 saturated heterocycles. The van der Waals surface area contributed by atoms with Crippen LogP contribution in [0, 0.1) is 6.92 Å². The second-order valence-corrected chi connectivity index (χ2v) is 9.44. The molecule has 0 amide bonds. The summed E-state index contributed by atoms with van der Waals surface area (Å²) in [4.78, 5) is 11.0. The van der Waals surface area contributed by atoms with Gasteiger partial charge in [-0.2, -0.15) is 0 Å². The van der Waals surface area contributed by atoms with E-state index in [9.17, 15) is 9.36 Å². The first-order valence-electron chi connectivity index (χ1n) is 9.88. The van der Waals surface area contributed by atoms with Crippen molar-refractivity contribution in [1.82, 2.24) is 4.67 Å². The van der Waals surface area contributed by atoms with Gasteiger partial charge >= 0.3 is 13.5 Å². The highest BCUT2D eigenvalue weighted by Gasteiger charge is 2.37. The molecule has 1 N–H and O–H groups in total. The van der Waals surface area contributed by atoms with E-state index in [0.717, 1.165) is 11.1 Å². The Morgan fingerprint density at radius 3 is 2.03 bits per heavy atom. The van der Waals surface area contributed by atoms with Crippen LogP contribution in [0.15, 0.2) is 84.9 Å². The second kappa shape index (κ2) is 10.4. The van der Waals surface area contributed by atoms with Crippen molar-refractivity contribution in [3.63, 3.8) is 0 Å².